The van der Waals surface area contributed by atoms with Crippen LogP contribution in [0.1, 0.15) is 12.8 Å². The maximum Gasteiger partial charge on any atom is 0.162 e. The molecule has 126 valence electrons. The van der Waals surface area contributed by atoms with E-state index in [9.17, 15) is 4.39 Å². The zero-order chi connectivity index (χ0) is 16.8. The predicted octanol–water partition coefficient (Wildman–Crippen LogP) is 4.39. The lowest BCUT2D eigenvalue weighted by Gasteiger charge is -2.21. The normalized spacial score (nSPS) is 16.0. The third kappa shape index (κ3) is 2.56. The van der Waals surface area contributed by atoms with Gasteiger partial charge in [0.05, 0.1) is 0 Å². The van der Waals surface area contributed by atoms with Crippen molar-refractivity contribution in [3.63, 3.8) is 0 Å². The zero-order valence-electron chi connectivity index (χ0n) is 13.6. The van der Waals surface area contributed by atoms with Crippen LogP contribution in [0.5, 0.6) is 11.5 Å². The number of hydrogen-bond donors (Lipinski definition) is 1. The first-order valence-corrected chi connectivity index (χ1v) is 8.53. The van der Waals surface area contributed by atoms with E-state index in [2.05, 4.69) is 10.3 Å². The number of pyridine rings is 1. The Labute approximate surface area is 144 Å². The largest absolute Gasteiger partial charge is 0.486 e. The van der Waals surface area contributed by atoms with Crippen LogP contribution in [0.3, 0.4) is 0 Å². The summed E-state index contributed by atoms with van der Waals surface area (Å²) in [4.78, 5) is 4.58. The third-order valence-corrected chi connectivity index (χ3v) is 4.63. The van der Waals surface area contributed by atoms with E-state index in [0.717, 1.165) is 35.0 Å². The van der Waals surface area contributed by atoms with E-state index in [0.29, 0.717) is 36.3 Å². The molecular weight excluding hydrogens is 319 g/mol. The fourth-order valence-electron chi connectivity index (χ4n) is 3.21. The Morgan fingerprint density at radius 3 is 2.40 bits per heavy atom. The number of hydrogen-bond acceptors (Lipinski definition) is 4. The maximum absolute atomic E-state index is 14.4. The molecule has 1 saturated carbocycles. The van der Waals surface area contributed by atoms with Crippen molar-refractivity contribution in [1.29, 1.82) is 0 Å². The van der Waals surface area contributed by atoms with Crippen LogP contribution in [0, 0.1) is 5.82 Å². The standard InChI is InChI=1S/C20H17FN2O2/c21-17-4-2-1-3-13(17)16-11-22-20(23-12-5-6-12)15-10-19-18(9-14(15)16)24-7-8-25-19/h1-4,9-12H,5-8H2,(H,22,23). The molecule has 3 aromatic rings. The van der Waals surface area contributed by atoms with Crippen molar-refractivity contribution in [2.24, 2.45) is 0 Å². The maximum atomic E-state index is 14.4. The van der Waals surface area contributed by atoms with Gasteiger partial charge in [0.25, 0.3) is 0 Å². The average Bonchev–Trinajstić information content (AvgIpc) is 3.45. The molecule has 0 atom stereocenters. The number of halogens is 1. The highest BCUT2D eigenvalue weighted by atomic mass is 19.1. The summed E-state index contributed by atoms with van der Waals surface area (Å²) in [6, 6.07) is 11.1. The van der Waals surface area contributed by atoms with Gasteiger partial charge in [-0.15, -0.1) is 0 Å². The van der Waals surface area contributed by atoms with Crippen LogP contribution in [0.4, 0.5) is 10.2 Å². The van der Waals surface area contributed by atoms with E-state index in [-0.39, 0.29) is 5.82 Å². The zero-order valence-corrected chi connectivity index (χ0v) is 13.6. The van der Waals surface area contributed by atoms with Crippen LogP contribution in [-0.4, -0.2) is 24.2 Å². The van der Waals surface area contributed by atoms with E-state index in [1.807, 2.05) is 18.2 Å². The summed E-state index contributed by atoms with van der Waals surface area (Å²) in [5.74, 6) is 1.96. The third-order valence-electron chi connectivity index (χ3n) is 4.63. The summed E-state index contributed by atoms with van der Waals surface area (Å²) >= 11 is 0. The number of fused-ring (bicyclic) bond motifs is 2. The second-order valence-corrected chi connectivity index (χ2v) is 6.46. The van der Waals surface area contributed by atoms with Crippen LogP contribution in [-0.2, 0) is 0 Å². The minimum atomic E-state index is -0.261. The van der Waals surface area contributed by atoms with Crippen LogP contribution in [0.25, 0.3) is 21.9 Å². The highest BCUT2D eigenvalue weighted by Crippen LogP contribution is 2.41. The van der Waals surface area contributed by atoms with Gasteiger partial charge in [0, 0.05) is 28.8 Å². The van der Waals surface area contributed by atoms with Crippen molar-refractivity contribution < 1.29 is 13.9 Å². The molecule has 1 aliphatic heterocycles. The van der Waals surface area contributed by atoms with Crippen LogP contribution in [0.2, 0.25) is 0 Å². The molecule has 4 nitrogen and oxygen atoms in total. The van der Waals surface area contributed by atoms with Gasteiger partial charge in [-0.3, -0.25) is 0 Å². The van der Waals surface area contributed by atoms with Crippen molar-refractivity contribution in [2.45, 2.75) is 18.9 Å². The Morgan fingerprint density at radius 2 is 1.68 bits per heavy atom. The fraction of sp³-hybridized carbons (Fsp3) is 0.250. The van der Waals surface area contributed by atoms with E-state index >= 15 is 0 Å². The van der Waals surface area contributed by atoms with Crippen LogP contribution >= 0.6 is 0 Å². The minimum absolute atomic E-state index is 0.261. The molecule has 0 bridgehead atoms. The minimum Gasteiger partial charge on any atom is -0.486 e. The fourth-order valence-corrected chi connectivity index (χ4v) is 3.21. The van der Waals surface area contributed by atoms with E-state index < -0.39 is 0 Å². The molecule has 2 aromatic carbocycles. The monoisotopic (exact) mass is 336 g/mol. The summed E-state index contributed by atoms with van der Waals surface area (Å²) in [7, 11) is 0. The number of benzene rings is 2. The Morgan fingerprint density at radius 1 is 0.960 bits per heavy atom. The molecule has 1 aliphatic carbocycles. The molecule has 5 heteroatoms. The van der Waals surface area contributed by atoms with Crippen molar-refractivity contribution >= 4 is 16.6 Å². The smallest absolute Gasteiger partial charge is 0.162 e. The van der Waals surface area contributed by atoms with E-state index in [1.165, 1.54) is 6.07 Å². The molecule has 0 saturated heterocycles. The van der Waals surface area contributed by atoms with Gasteiger partial charge in [0.2, 0.25) is 0 Å². The number of anilines is 1. The van der Waals surface area contributed by atoms with Gasteiger partial charge in [-0.25, -0.2) is 9.37 Å². The first-order chi connectivity index (χ1) is 12.3. The van der Waals surface area contributed by atoms with Gasteiger partial charge in [-0.1, -0.05) is 18.2 Å². The van der Waals surface area contributed by atoms with Crippen molar-refractivity contribution in [3.05, 3.63) is 48.4 Å². The second-order valence-electron chi connectivity index (χ2n) is 6.46. The number of nitrogens with one attached hydrogen (secondary N) is 1. The summed E-state index contributed by atoms with van der Waals surface area (Å²) in [5, 5.41) is 5.30. The Hall–Kier alpha value is -2.82. The van der Waals surface area contributed by atoms with Crippen LogP contribution < -0.4 is 14.8 Å². The van der Waals surface area contributed by atoms with Gasteiger partial charge in [0.1, 0.15) is 24.8 Å². The highest BCUT2D eigenvalue weighted by molar-refractivity contribution is 6.03. The van der Waals surface area contributed by atoms with Crippen molar-refractivity contribution in [2.75, 3.05) is 18.5 Å². The van der Waals surface area contributed by atoms with Gasteiger partial charge >= 0.3 is 0 Å². The molecule has 5 rings (SSSR count). The molecule has 1 N–H and O–H groups in total. The number of aromatic nitrogens is 1. The lowest BCUT2D eigenvalue weighted by atomic mass is 9.99. The molecule has 0 radical (unpaired) electrons. The molecule has 0 unspecified atom stereocenters. The Bertz CT molecular complexity index is 969. The van der Waals surface area contributed by atoms with E-state index in [4.69, 9.17) is 9.47 Å². The summed E-state index contributed by atoms with van der Waals surface area (Å²) in [6.07, 6.45) is 4.05. The molecular formula is C20H17FN2O2. The van der Waals surface area contributed by atoms with Gasteiger partial charge in [0.15, 0.2) is 11.5 Å². The predicted molar refractivity (Wildman–Crippen MR) is 94.8 cm³/mol. The molecule has 0 amide bonds. The first-order valence-electron chi connectivity index (χ1n) is 8.53. The van der Waals surface area contributed by atoms with Crippen molar-refractivity contribution in [1.82, 2.24) is 4.98 Å². The SMILES string of the molecule is Fc1ccccc1-c1cnc(NC2CC2)c2cc3c(cc12)OCCO3. The quantitative estimate of drug-likeness (QED) is 0.770. The molecule has 25 heavy (non-hydrogen) atoms. The Balaban J connectivity index is 1.76. The summed E-state index contributed by atoms with van der Waals surface area (Å²) < 4.78 is 25.8. The molecule has 1 aromatic heterocycles. The topological polar surface area (TPSA) is 43.4 Å². The number of ether oxygens (including phenoxy) is 2. The summed E-state index contributed by atoms with van der Waals surface area (Å²) in [6.45, 7) is 1.05. The van der Waals surface area contributed by atoms with Gasteiger partial charge in [-0.2, -0.15) is 0 Å². The van der Waals surface area contributed by atoms with Crippen LogP contribution in [0.15, 0.2) is 42.6 Å². The number of nitrogens with zero attached hydrogens (tertiary/aromatic N) is 1. The van der Waals surface area contributed by atoms with Gasteiger partial charge < -0.3 is 14.8 Å². The van der Waals surface area contributed by atoms with Crippen molar-refractivity contribution in [3.8, 4) is 22.6 Å². The molecule has 2 heterocycles. The average molecular weight is 336 g/mol. The summed E-state index contributed by atoms with van der Waals surface area (Å²) in [5.41, 5.74) is 1.29. The highest BCUT2D eigenvalue weighted by Gasteiger charge is 2.24. The molecule has 1 fully saturated rings. The lowest BCUT2D eigenvalue weighted by Crippen LogP contribution is -2.15. The lowest BCUT2D eigenvalue weighted by molar-refractivity contribution is 0.172. The Kier molecular flexibility index (Phi) is 3.26. The van der Waals surface area contributed by atoms with Gasteiger partial charge in [-0.05, 0) is 36.4 Å². The first kappa shape index (κ1) is 14.5. The van der Waals surface area contributed by atoms with E-state index in [1.54, 1.807) is 18.3 Å². The molecule has 2 aliphatic rings. The second kappa shape index (κ2) is 5.62. The number of rotatable bonds is 3. The molecule has 0 spiro atoms.